The zero-order valence-corrected chi connectivity index (χ0v) is 17.3. The highest BCUT2D eigenvalue weighted by molar-refractivity contribution is 7.17. The van der Waals surface area contributed by atoms with Gasteiger partial charge in [0.25, 0.3) is 11.2 Å². The maximum atomic E-state index is 13.1. The van der Waals surface area contributed by atoms with Crippen molar-refractivity contribution in [3.63, 3.8) is 0 Å². The first-order chi connectivity index (χ1) is 14.4. The predicted molar refractivity (Wildman–Crippen MR) is 113 cm³/mol. The van der Waals surface area contributed by atoms with Gasteiger partial charge < -0.3 is 4.74 Å². The van der Waals surface area contributed by atoms with Gasteiger partial charge in [-0.15, -0.1) is 11.3 Å². The number of nitro groups is 1. The number of non-ortho nitro benzene ring substituents is 1. The molecule has 9 heteroatoms. The van der Waals surface area contributed by atoms with Crippen LogP contribution in [-0.4, -0.2) is 26.5 Å². The molecule has 1 aliphatic carbocycles. The highest BCUT2D eigenvalue weighted by Gasteiger charge is 2.23. The van der Waals surface area contributed by atoms with E-state index in [1.807, 2.05) is 0 Å². The smallest absolute Gasteiger partial charge is 0.326 e. The van der Waals surface area contributed by atoms with Crippen molar-refractivity contribution in [2.24, 2.45) is 5.92 Å². The van der Waals surface area contributed by atoms with Gasteiger partial charge in [-0.05, 0) is 30.7 Å². The van der Waals surface area contributed by atoms with Crippen molar-refractivity contribution in [1.29, 1.82) is 0 Å². The third-order valence-electron chi connectivity index (χ3n) is 5.41. The molecule has 2 atom stereocenters. The molecule has 3 aromatic rings. The molecular weight excluding hydrogens is 406 g/mol. The Balaban J connectivity index is 1.62. The lowest BCUT2D eigenvalue weighted by Crippen LogP contribution is -2.30. The molecule has 1 saturated carbocycles. The maximum Gasteiger partial charge on any atom is 0.326 e. The van der Waals surface area contributed by atoms with Gasteiger partial charge in [0.1, 0.15) is 17.5 Å². The van der Waals surface area contributed by atoms with Gasteiger partial charge in [-0.2, -0.15) is 0 Å². The van der Waals surface area contributed by atoms with Gasteiger partial charge in [0, 0.05) is 23.1 Å². The number of benzene rings is 1. The van der Waals surface area contributed by atoms with Gasteiger partial charge in [-0.1, -0.05) is 25.5 Å². The highest BCUT2D eigenvalue weighted by atomic mass is 32.1. The number of carbonyl (C=O) groups excluding carboxylic acids is 1. The summed E-state index contributed by atoms with van der Waals surface area (Å²) >= 11 is 1.28. The molecule has 0 saturated heterocycles. The summed E-state index contributed by atoms with van der Waals surface area (Å²) in [5.74, 6) is 0.0741. The lowest BCUT2D eigenvalue weighted by atomic mass is 9.89. The average Bonchev–Trinajstić information content (AvgIpc) is 3.15. The summed E-state index contributed by atoms with van der Waals surface area (Å²) in [6.07, 6.45) is 5.13. The Labute approximate surface area is 176 Å². The molecule has 0 aliphatic heterocycles. The highest BCUT2D eigenvalue weighted by Crippen LogP contribution is 2.32. The molecule has 0 bridgehead atoms. The standard InChI is InChI=1S/C21H21N3O5S/c1-13-4-2-7-16(8-13)29-18(25)10-23-12-22-20-19(21(23)26)17(11-30-20)14-5-3-6-15(9-14)24(27)28/h3,5-6,9,11-13,16H,2,4,7-8,10H2,1H3. The zero-order valence-electron chi connectivity index (χ0n) is 16.4. The van der Waals surface area contributed by atoms with E-state index in [-0.39, 0.29) is 23.9 Å². The van der Waals surface area contributed by atoms with Crippen molar-refractivity contribution < 1.29 is 14.5 Å². The summed E-state index contributed by atoms with van der Waals surface area (Å²) in [6.45, 7) is 1.94. The lowest BCUT2D eigenvalue weighted by Gasteiger charge is -2.26. The number of carbonyl (C=O) groups is 1. The van der Waals surface area contributed by atoms with Gasteiger partial charge in [-0.3, -0.25) is 24.3 Å². The fraction of sp³-hybridized carbons (Fsp3) is 0.381. The molecule has 1 aliphatic rings. The number of nitro benzene ring substituents is 1. The van der Waals surface area contributed by atoms with Crippen LogP contribution >= 0.6 is 11.3 Å². The van der Waals surface area contributed by atoms with E-state index in [9.17, 15) is 19.7 Å². The number of rotatable bonds is 5. The fourth-order valence-corrected chi connectivity index (χ4v) is 4.83. The predicted octanol–water partition coefficient (Wildman–Crippen LogP) is 4.16. The normalized spacial score (nSPS) is 19.0. The first-order valence-corrected chi connectivity index (χ1v) is 10.7. The number of hydrogen-bond acceptors (Lipinski definition) is 7. The molecule has 0 amide bonds. The van der Waals surface area contributed by atoms with Gasteiger partial charge in [0.15, 0.2) is 0 Å². The van der Waals surface area contributed by atoms with Crippen molar-refractivity contribution in [3.8, 4) is 11.1 Å². The van der Waals surface area contributed by atoms with Crippen molar-refractivity contribution >= 4 is 33.2 Å². The van der Waals surface area contributed by atoms with Crippen LogP contribution < -0.4 is 5.56 Å². The second-order valence-corrected chi connectivity index (χ2v) is 8.56. The summed E-state index contributed by atoms with van der Waals surface area (Å²) < 4.78 is 6.81. The molecular formula is C21H21N3O5S. The van der Waals surface area contributed by atoms with Crippen molar-refractivity contribution in [2.75, 3.05) is 0 Å². The lowest BCUT2D eigenvalue weighted by molar-refractivity contribution is -0.384. The Morgan fingerprint density at radius 3 is 3.00 bits per heavy atom. The molecule has 2 heterocycles. The quantitative estimate of drug-likeness (QED) is 0.344. The summed E-state index contributed by atoms with van der Waals surface area (Å²) in [7, 11) is 0. The topological polar surface area (TPSA) is 104 Å². The molecule has 2 aromatic heterocycles. The van der Waals surface area contributed by atoms with Crippen LogP contribution in [0.15, 0.2) is 40.8 Å². The summed E-state index contributed by atoms with van der Waals surface area (Å²) in [5.41, 5.74) is 0.712. The van der Waals surface area contributed by atoms with E-state index >= 15 is 0 Å². The van der Waals surface area contributed by atoms with Crippen LogP contribution in [0.4, 0.5) is 5.69 Å². The summed E-state index contributed by atoms with van der Waals surface area (Å²) in [5, 5.41) is 13.2. The van der Waals surface area contributed by atoms with E-state index in [1.165, 1.54) is 34.4 Å². The monoisotopic (exact) mass is 427 g/mol. The van der Waals surface area contributed by atoms with Crippen LogP contribution in [0.2, 0.25) is 0 Å². The fourth-order valence-electron chi connectivity index (χ4n) is 3.93. The third-order valence-corrected chi connectivity index (χ3v) is 6.30. The average molecular weight is 427 g/mol. The minimum absolute atomic E-state index is 0.0543. The number of nitrogens with zero attached hydrogens (tertiary/aromatic N) is 3. The molecule has 0 radical (unpaired) electrons. The zero-order chi connectivity index (χ0) is 21.3. The molecule has 1 fully saturated rings. The molecule has 30 heavy (non-hydrogen) atoms. The Morgan fingerprint density at radius 2 is 2.23 bits per heavy atom. The van der Waals surface area contributed by atoms with Crippen LogP contribution in [0.5, 0.6) is 0 Å². The van der Waals surface area contributed by atoms with E-state index in [0.717, 1.165) is 25.7 Å². The molecule has 1 aromatic carbocycles. The summed E-state index contributed by atoms with van der Waals surface area (Å²) in [4.78, 5) is 40.9. The third kappa shape index (κ3) is 4.11. The van der Waals surface area contributed by atoms with Gasteiger partial charge >= 0.3 is 5.97 Å². The number of hydrogen-bond donors (Lipinski definition) is 0. The van der Waals surface area contributed by atoms with Crippen LogP contribution in [0, 0.1) is 16.0 Å². The number of aromatic nitrogens is 2. The molecule has 0 N–H and O–H groups in total. The minimum atomic E-state index is -0.475. The van der Waals surface area contributed by atoms with Crippen molar-refractivity contribution in [3.05, 3.63) is 56.4 Å². The van der Waals surface area contributed by atoms with Crippen LogP contribution in [-0.2, 0) is 16.1 Å². The van der Waals surface area contributed by atoms with Crippen molar-refractivity contribution in [2.45, 2.75) is 45.3 Å². The first-order valence-electron chi connectivity index (χ1n) is 9.83. The molecule has 8 nitrogen and oxygen atoms in total. The second-order valence-electron chi connectivity index (χ2n) is 7.70. The summed E-state index contributed by atoms with van der Waals surface area (Å²) in [6, 6.07) is 6.12. The van der Waals surface area contributed by atoms with Gasteiger partial charge in [0.2, 0.25) is 0 Å². The number of fused-ring (bicyclic) bond motifs is 1. The van der Waals surface area contributed by atoms with E-state index in [1.54, 1.807) is 17.5 Å². The Bertz CT molecular complexity index is 1170. The van der Waals surface area contributed by atoms with Crippen LogP contribution in [0.3, 0.4) is 0 Å². The molecule has 156 valence electrons. The second kappa shape index (κ2) is 8.35. The maximum absolute atomic E-state index is 13.1. The van der Waals surface area contributed by atoms with E-state index in [2.05, 4.69) is 11.9 Å². The van der Waals surface area contributed by atoms with Crippen molar-refractivity contribution in [1.82, 2.24) is 9.55 Å². The molecule has 2 unspecified atom stereocenters. The molecule has 4 rings (SSSR count). The van der Waals surface area contributed by atoms with E-state index < -0.39 is 10.9 Å². The number of thiophene rings is 1. The number of ether oxygens (including phenoxy) is 1. The Hall–Kier alpha value is -3.07. The Morgan fingerprint density at radius 1 is 1.40 bits per heavy atom. The SMILES string of the molecule is CC1CCCC(OC(=O)Cn2cnc3scc(-c4cccc([N+](=O)[O-])c4)c3c2=O)C1. The first kappa shape index (κ1) is 20.2. The minimum Gasteiger partial charge on any atom is -0.461 e. The molecule has 0 spiro atoms. The van der Waals surface area contributed by atoms with E-state index in [4.69, 9.17) is 4.74 Å². The Kier molecular flexibility index (Phi) is 5.63. The van der Waals surface area contributed by atoms with Gasteiger partial charge in [-0.25, -0.2) is 4.98 Å². The van der Waals surface area contributed by atoms with Gasteiger partial charge in [0.05, 0.1) is 16.6 Å². The van der Waals surface area contributed by atoms with Crippen LogP contribution in [0.25, 0.3) is 21.3 Å². The van der Waals surface area contributed by atoms with Crippen LogP contribution in [0.1, 0.15) is 32.6 Å². The van der Waals surface area contributed by atoms with E-state index in [0.29, 0.717) is 27.3 Å². The largest absolute Gasteiger partial charge is 0.461 e. The number of esters is 1.